The molecule has 0 aliphatic carbocycles. The van der Waals surface area contributed by atoms with Gasteiger partial charge in [0, 0.05) is 11.8 Å². The number of rotatable bonds is 6. The summed E-state index contributed by atoms with van der Waals surface area (Å²) < 4.78 is 25.3. The molecule has 0 spiro atoms. The smallest absolute Gasteiger partial charge is 0.244 e. The van der Waals surface area contributed by atoms with Crippen LogP contribution in [-0.4, -0.2) is 32.1 Å². The second-order valence-electron chi connectivity index (χ2n) is 6.48. The average molecular weight is 354 g/mol. The van der Waals surface area contributed by atoms with Gasteiger partial charge in [-0.25, -0.2) is 9.38 Å². The normalized spacial score (nSPS) is 16.5. The Morgan fingerprint density at radius 2 is 2.04 bits per heavy atom. The highest BCUT2D eigenvalue weighted by molar-refractivity contribution is 7.99. The fraction of sp³-hybridized carbons (Fsp3) is 0.471. The molecule has 0 unspecified atom stereocenters. The maximum Gasteiger partial charge on any atom is 0.244 e. The van der Waals surface area contributed by atoms with Crippen molar-refractivity contribution < 1.29 is 13.6 Å². The molecule has 1 heterocycles. The first-order valence-corrected chi connectivity index (χ1v) is 12.4. The molecule has 1 aromatic carbocycles. The van der Waals surface area contributed by atoms with E-state index in [1.54, 1.807) is 12.3 Å². The molecule has 3 nitrogen and oxygen atoms in total. The number of thioether (sulfide) groups is 1. The molecular formula is C17H24FNO2SSi. The number of halogens is 1. The second kappa shape index (κ2) is 8.01. The van der Waals surface area contributed by atoms with Crippen LogP contribution < -0.4 is 4.74 Å². The van der Waals surface area contributed by atoms with Crippen LogP contribution in [0, 0.1) is 5.82 Å². The van der Waals surface area contributed by atoms with Crippen molar-refractivity contribution in [2.45, 2.75) is 38.6 Å². The van der Waals surface area contributed by atoms with Gasteiger partial charge in [0.05, 0.1) is 0 Å². The van der Waals surface area contributed by atoms with E-state index in [2.05, 4.69) is 31.2 Å². The van der Waals surface area contributed by atoms with Gasteiger partial charge >= 0.3 is 0 Å². The second-order valence-corrected chi connectivity index (χ2v) is 12.1. The number of benzene rings is 1. The predicted octanol–water partition coefficient (Wildman–Crippen LogP) is 4.84. The molecule has 6 heteroatoms. The Labute approximate surface area is 143 Å². The van der Waals surface area contributed by atoms with Crippen LogP contribution in [0.2, 0.25) is 19.6 Å². The van der Waals surface area contributed by atoms with Crippen LogP contribution in [0.1, 0.15) is 18.4 Å². The van der Waals surface area contributed by atoms with Crippen LogP contribution >= 0.6 is 11.8 Å². The monoisotopic (exact) mass is 353 g/mol. The van der Waals surface area contributed by atoms with Crippen LogP contribution in [0.25, 0.3) is 0 Å². The van der Waals surface area contributed by atoms with Crippen LogP contribution in [0.15, 0.2) is 35.7 Å². The lowest BCUT2D eigenvalue weighted by Gasteiger charge is -2.23. The van der Waals surface area contributed by atoms with Crippen molar-refractivity contribution in [2.24, 2.45) is 4.99 Å². The van der Waals surface area contributed by atoms with Gasteiger partial charge in [0.1, 0.15) is 17.7 Å². The summed E-state index contributed by atoms with van der Waals surface area (Å²) >= 11 is 1.94. The van der Waals surface area contributed by atoms with E-state index < -0.39 is 8.32 Å². The summed E-state index contributed by atoms with van der Waals surface area (Å²) in [6.45, 7) is 9.98. The molecule has 0 radical (unpaired) electrons. The largest absolute Gasteiger partial charge is 0.532 e. The van der Waals surface area contributed by atoms with Crippen molar-refractivity contribution in [1.82, 2.24) is 0 Å². The zero-order valence-electron chi connectivity index (χ0n) is 14.0. The molecule has 1 aliphatic heterocycles. The van der Waals surface area contributed by atoms with Gasteiger partial charge in [0.2, 0.25) is 8.32 Å². The molecule has 0 bridgehead atoms. The van der Waals surface area contributed by atoms with E-state index in [0.717, 1.165) is 24.3 Å². The molecule has 1 aromatic rings. The fourth-order valence-electron chi connectivity index (χ4n) is 2.22. The third kappa shape index (κ3) is 6.39. The van der Waals surface area contributed by atoms with Crippen LogP contribution in [0.5, 0.6) is 5.75 Å². The summed E-state index contributed by atoms with van der Waals surface area (Å²) in [6, 6.07) is 4.51. The number of ether oxygens (including phenoxy) is 1. The summed E-state index contributed by atoms with van der Waals surface area (Å²) in [5.41, 5.74) is 0.614. The fourth-order valence-corrected chi connectivity index (χ4v) is 4.05. The SMILES string of the molecule is C=C(N=Cc1cc(F)ccc1OC1CCSCC1)O[Si](C)(C)C. The van der Waals surface area contributed by atoms with Crippen LogP contribution in [-0.2, 0) is 4.43 Å². The van der Waals surface area contributed by atoms with E-state index >= 15 is 0 Å². The summed E-state index contributed by atoms with van der Waals surface area (Å²) in [7, 11) is -1.74. The predicted molar refractivity (Wildman–Crippen MR) is 98.5 cm³/mol. The van der Waals surface area contributed by atoms with Crippen molar-refractivity contribution in [1.29, 1.82) is 0 Å². The zero-order chi connectivity index (χ0) is 16.9. The molecule has 0 amide bonds. The van der Waals surface area contributed by atoms with E-state index in [1.807, 2.05) is 11.8 Å². The first kappa shape index (κ1) is 18.1. The summed E-state index contributed by atoms with van der Waals surface area (Å²) in [6.07, 6.45) is 3.79. The maximum absolute atomic E-state index is 13.6. The van der Waals surface area contributed by atoms with Gasteiger partial charge in [-0.15, -0.1) is 0 Å². The third-order valence-corrected chi connectivity index (χ3v) is 5.10. The standard InChI is InChI=1S/C17H24FNO2SSi/c1-13(21-23(2,3)4)19-12-14-11-15(18)5-6-17(14)20-16-7-9-22-10-8-16/h5-6,11-12,16H,1,7-10H2,2-4H3. The highest BCUT2D eigenvalue weighted by atomic mass is 32.2. The number of hydrogen-bond donors (Lipinski definition) is 0. The van der Waals surface area contributed by atoms with Gasteiger partial charge in [0.25, 0.3) is 0 Å². The van der Waals surface area contributed by atoms with E-state index in [1.165, 1.54) is 12.1 Å². The van der Waals surface area contributed by atoms with Crippen molar-refractivity contribution in [3.05, 3.63) is 42.0 Å². The Kier molecular flexibility index (Phi) is 6.30. The van der Waals surface area contributed by atoms with E-state index in [9.17, 15) is 4.39 Å². The minimum atomic E-state index is -1.74. The maximum atomic E-state index is 13.6. The first-order chi connectivity index (χ1) is 10.8. The van der Waals surface area contributed by atoms with Gasteiger partial charge < -0.3 is 9.16 Å². The van der Waals surface area contributed by atoms with Crippen molar-refractivity contribution in [3.8, 4) is 5.75 Å². The molecule has 126 valence electrons. The zero-order valence-corrected chi connectivity index (χ0v) is 15.8. The Morgan fingerprint density at radius 3 is 2.70 bits per heavy atom. The van der Waals surface area contributed by atoms with Gasteiger partial charge in [0.15, 0.2) is 5.88 Å². The quantitative estimate of drug-likeness (QED) is 0.416. The number of hydrogen-bond acceptors (Lipinski definition) is 4. The topological polar surface area (TPSA) is 30.8 Å². The third-order valence-electron chi connectivity index (χ3n) is 3.21. The van der Waals surface area contributed by atoms with E-state index in [-0.39, 0.29) is 11.9 Å². The van der Waals surface area contributed by atoms with Crippen molar-refractivity contribution in [2.75, 3.05) is 11.5 Å². The Morgan fingerprint density at radius 1 is 1.35 bits per heavy atom. The molecule has 1 aliphatic rings. The Bertz CT molecular complexity index is 580. The summed E-state index contributed by atoms with van der Waals surface area (Å²) in [4.78, 5) is 4.22. The molecule has 1 fully saturated rings. The van der Waals surface area contributed by atoms with Gasteiger partial charge in [-0.3, -0.25) is 0 Å². The van der Waals surface area contributed by atoms with Gasteiger partial charge in [-0.2, -0.15) is 11.8 Å². The molecule has 0 aromatic heterocycles. The summed E-state index contributed by atoms with van der Waals surface area (Å²) in [5.74, 6) is 2.92. The van der Waals surface area contributed by atoms with E-state index in [4.69, 9.17) is 9.16 Å². The minimum absolute atomic E-state index is 0.190. The molecule has 23 heavy (non-hydrogen) atoms. The van der Waals surface area contributed by atoms with Crippen LogP contribution in [0.4, 0.5) is 4.39 Å². The lowest BCUT2D eigenvalue weighted by Crippen LogP contribution is -2.24. The molecule has 0 saturated carbocycles. The summed E-state index contributed by atoms with van der Waals surface area (Å²) in [5, 5.41) is 0. The molecule has 0 N–H and O–H groups in total. The lowest BCUT2D eigenvalue weighted by atomic mass is 10.2. The average Bonchev–Trinajstić information content (AvgIpc) is 2.47. The highest BCUT2D eigenvalue weighted by Crippen LogP contribution is 2.25. The number of nitrogens with zero attached hydrogens (tertiary/aromatic N) is 1. The Balaban J connectivity index is 2.10. The number of aliphatic imine (C=N–C) groups is 1. The van der Waals surface area contributed by atoms with Gasteiger partial charge in [-0.1, -0.05) is 0 Å². The Hall–Kier alpha value is -1.27. The van der Waals surface area contributed by atoms with E-state index in [0.29, 0.717) is 17.2 Å². The first-order valence-electron chi connectivity index (χ1n) is 7.79. The highest BCUT2D eigenvalue weighted by Gasteiger charge is 2.18. The van der Waals surface area contributed by atoms with Crippen LogP contribution in [0.3, 0.4) is 0 Å². The van der Waals surface area contributed by atoms with Crippen molar-refractivity contribution >= 4 is 26.3 Å². The molecular weight excluding hydrogens is 329 g/mol. The van der Waals surface area contributed by atoms with Crippen molar-refractivity contribution in [3.63, 3.8) is 0 Å². The van der Waals surface area contributed by atoms with Gasteiger partial charge in [-0.05, 0) is 68.8 Å². The lowest BCUT2D eigenvalue weighted by molar-refractivity contribution is 0.192. The molecule has 1 saturated heterocycles. The minimum Gasteiger partial charge on any atom is -0.532 e. The molecule has 0 atom stereocenters. The molecule has 2 rings (SSSR count).